The second kappa shape index (κ2) is 8.17. The van der Waals surface area contributed by atoms with Gasteiger partial charge in [0.15, 0.2) is 0 Å². The lowest BCUT2D eigenvalue weighted by molar-refractivity contribution is -0.131. The first-order valence-corrected chi connectivity index (χ1v) is 9.16. The van der Waals surface area contributed by atoms with E-state index in [0.29, 0.717) is 13.0 Å². The van der Waals surface area contributed by atoms with E-state index in [9.17, 15) is 4.79 Å². The van der Waals surface area contributed by atoms with Gasteiger partial charge in [-0.25, -0.2) is 9.97 Å². The second-order valence-corrected chi connectivity index (χ2v) is 6.87. The molecule has 3 rings (SSSR count). The van der Waals surface area contributed by atoms with Crippen molar-refractivity contribution in [3.63, 3.8) is 0 Å². The maximum Gasteiger partial charge on any atom is 0.225 e. The Hall–Kier alpha value is -2.63. The second-order valence-electron chi connectivity index (χ2n) is 6.87. The summed E-state index contributed by atoms with van der Waals surface area (Å²) >= 11 is 0. The van der Waals surface area contributed by atoms with Gasteiger partial charge in [-0.3, -0.25) is 4.79 Å². The van der Waals surface area contributed by atoms with Gasteiger partial charge in [0.05, 0.1) is 0 Å². The van der Waals surface area contributed by atoms with E-state index in [2.05, 4.69) is 53.1 Å². The number of nitrogens with one attached hydrogen (secondary N) is 1. The van der Waals surface area contributed by atoms with Gasteiger partial charge in [0.25, 0.3) is 0 Å². The van der Waals surface area contributed by atoms with Crippen molar-refractivity contribution in [1.29, 1.82) is 0 Å². The van der Waals surface area contributed by atoms with Crippen LogP contribution in [0, 0.1) is 20.8 Å². The summed E-state index contributed by atoms with van der Waals surface area (Å²) in [5.74, 6) is 0.945. The number of anilines is 2. The molecule has 0 unspecified atom stereocenters. The van der Waals surface area contributed by atoms with Crippen molar-refractivity contribution in [1.82, 2.24) is 14.9 Å². The van der Waals surface area contributed by atoms with E-state index in [4.69, 9.17) is 0 Å². The molecule has 2 heterocycles. The minimum atomic E-state index is 0.202. The number of nitrogens with zero attached hydrogens (tertiary/aromatic N) is 4. The minimum absolute atomic E-state index is 0.202. The molecule has 26 heavy (non-hydrogen) atoms. The molecule has 0 radical (unpaired) electrons. The first-order chi connectivity index (χ1) is 12.5. The Morgan fingerprint density at radius 1 is 1.04 bits per heavy atom. The van der Waals surface area contributed by atoms with E-state index in [0.717, 1.165) is 37.8 Å². The van der Waals surface area contributed by atoms with Gasteiger partial charge < -0.3 is 15.1 Å². The summed E-state index contributed by atoms with van der Waals surface area (Å²) in [5.41, 5.74) is 4.87. The predicted octanol–water partition coefficient (Wildman–Crippen LogP) is 2.55. The summed E-state index contributed by atoms with van der Waals surface area (Å²) in [6.45, 7) is 9.97. The Labute approximate surface area is 155 Å². The summed E-state index contributed by atoms with van der Waals surface area (Å²) in [4.78, 5) is 25.1. The van der Waals surface area contributed by atoms with Crippen LogP contribution in [0.1, 0.15) is 23.1 Å². The molecule has 1 saturated heterocycles. The van der Waals surface area contributed by atoms with Crippen molar-refractivity contribution in [2.24, 2.45) is 0 Å². The highest BCUT2D eigenvalue weighted by molar-refractivity contribution is 5.77. The van der Waals surface area contributed by atoms with Crippen LogP contribution >= 0.6 is 0 Å². The summed E-state index contributed by atoms with van der Waals surface area (Å²) < 4.78 is 0. The molecule has 0 atom stereocenters. The summed E-state index contributed by atoms with van der Waals surface area (Å²) in [6, 6.07) is 6.15. The van der Waals surface area contributed by atoms with Crippen molar-refractivity contribution in [2.45, 2.75) is 27.2 Å². The third-order valence-electron chi connectivity index (χ3n) is 4.79. The largest absolute Gasteiger partial charge is 0.384 e. The van der Waals surface area contributed by atoms with Crippen molar-refractivity contribution >= 4 is 17.5 Å². The Morgan fingerprint density at radius 3 is 2.27 bits per heavy atom. The van der Waals surface area contributed by atoms with Crippen molar-refractivity contribution < 1.29 is 4.79 Å². The van der Waals surface area contributed by atoms with Gasteiger partial charge in [0.2, 0.25) is 11.9 Å². The van der Waals surface area contributed by atoms with E-state index in [-0.39, 0.29) is 5.91 Å². The topological polar surface area (TPSA) is 61.4 Å². The number of benzene rings is 1. The maximum absolute atomic E-state index is 12.5. The van der Waals surface area contributed by atoms with Crippen LogP contribution < -0.4 is 10.2 Å². The molecule has 1 amide bonds. The Bertz CT molecular complexity index is 731. The van der Waals surface area contributed by atoms with E-state index in [1.807, 2.05) is 11.0 Å². The van der Waals surface area contributed by atoms with Crippen LogP contribution in [0.2, 0.25) is 0 Å². The molecule has 1 aliphatic rings. The standard InChI is InChI=1S/C20H27N5O/c1-15-13-16(2)19(17(3)14-15)21-8-5-18(26)24-9-11-25(12-10-24)20-22-6-4-7-23-20/h4,6-7,13-14,21H,5,8-12H2,1-3H3. The van der Waals surface area contributed by atoms with E-state index in [1.54, 1.807) is 12.4 Å². The fourth-order valence-corrected chi connectivity index (χ4v) is 3.52. The van der Waals surface area contributed by atoms with E-state index < -0.39 is 0 Å². The number of aromatic nitrogens is 2. The van der Waals surface area contributed by atoms with Crippen LogP contribution in [-0.4, -0.2) is 53.5 Å². The van der Waals surface area contributed by atoms with Crippen LogP contribution in [-0.2, 0) is 4.79 Å². The highest BCUT2D eigenvalue weighted by Gasteiger charge is 2.22. The highest BCUT2D eigenvalue weighted by atomic mass is 16.2. The predicted molar refractivity (Wildman–Crippen MR) is 105 cm³/mol. The molecular weight excluding hydrogens is 326 g/mol. The summed E-state index contributed by atoms with van der Waals surface area (Å²) in [7, 11) is 0. The average Bonchev–Trinajstić information content (AvgIpc) is 2.64. The monoisotopic (exact) mass is 353 g/mol. The van der Waals surface area contributed by atoms with Crippen molar-refractivity contribution in [3.05, 3.63) is 47.3 Å². The Balaban J connectivity index is 1.46. The van der Waals surface area contributed by atoms with Gasteiger partial charge in [-0.05, 0) is 38.0 Å². The third kappa shape index (κ3) is 4.31. The number of carbonyl (C=O) groups is 1. The number of rotatable bonds is 5. The molecule has 0 bridgehead atoms. The van der Waals surface area contributed by atoms with Gasteiger partial charge in [-0.15, -0.1) is 0 Å². The summed E-state index contributed by atoms with van der Waals surface area (Å²) in [6.07, 6.45) is 4.01. The van der Waals surface area contributed by atoms with Gasteiger partial charge in [0.1, 0.15) is 0 Å². The molecule has 1 fully saturated rings. The third-order valence-corrected chi connectivity index (χ3v) is 4.79. The van der Waals surface area contributed by atoms with E-state index in [1.165, 1.54) is 16.7 Å². The molecule has 1 aromatic carbocycles. The fourth-order valence-electron chi connectivity index (χ4n) is 3.52. The molecule has 1 aromatic heterocycles. The molecule has 0 saturated carbocycles. The molecule has 0 spiro atoms. The van der Waals surface area contributed by atoms with Gasteiger partial charge in [0, 0.05) is 57.2 Å². The highest BCUT2D eigenvalue weighted by Crippen LogP contribution is 2.21. The van der Waals surface area contributed by atoms with Gasteiger partial charge >= 0.3 is 0 Å². The lowest BCUT2D eigenvalue weighted by Crippen LogP contribution is -2.49. The zero-order valence-corrected chi connectivity index (χ0v) is 15.8. The molecule has 1 N–H and O–H groups in total. The number of carbonyl (C=O) groups excluding carboxylic acids is 1. The fraction of sp³-hybridized carbons (Fsp3) is 0.450. The van der Waals surface area contributed by atoms with Crippen LogP contribution in [0.3, 0.4) is 0 Å². The Kier molecular flexibility index (Phi) is 5.71. The van der Waals surface area contributed by atoms with Gasteiger partial charge in [-0.2, -0.15) is 0 Å². The molecule has 1 aliphatic heterocycles. The van der Waals surface area contributed by atoms with Crippen molar-refractivity contribution in [2.75, 3.05) is 42.9 Å². The average molecular weight is 353 g/mol. The van der Waals surface area contributed by atoms with Crippen molar-refractivity contribution in [3.8, 4) is 0 Å². The molecule has 6 heteroatoms. The minimum Gasteiger partial charge on any atom is -0.384 e. The zero-order chi connectivity index (χ0) is 18.5. The van der Waals surface area contributed by atoms with Crippen LogP contribution in [0.4, 0.5) is 11.6 Å². The van der Waals surface area contributed by atoms with Crippen LogP contribution in [0.15, 0.2) is 30.6 Å². The number of aryl methyl sites for hydroxylation is 3. The SMILES string of the molecule is Cc1cc(C)c(NCCC(=O)N2CCN(c3ncccn3)CC2)c(C)c1. The quantitative estimate of drug-likeness (QED) is 0.895. The smallest absolute Gasteiger partial charge is 0.225 e. The molecule has 138 valence electrons. The molecule has 6 nitrogen and oxygen atoms in total. The number of amides is 1. The van der Waals surface area contributed by atoms with E-state index >= 15 is 0 Å². The maximum atomic E-state index is 12.5. The molecule has 2 aromatic rings. The number of piperazine rings is 1. The summed E-state index contributed by atoms with van der Waals surface area (Å²) in [5, 5.41) is 3.44. The van der Waals surface area contributed by atoms with Gasteiger partial charge in [-0.1, -0.05) is 17.7 Å². The first-order valence-electron chi connectivity index (χ1n) is 9.16. The molecular formula is C20H27N5O. The van der Waals surface area contributed by atoms with Crippen LogP contribution in [0.25, 0.3) is 0 Å². The lowest BCUT2D eigenvalue weighted by Gasteiger charge is -2.34. The lowest BCUT2D eigenvalue weighted by atomic mass is 10.1. The van der Waals surface area contributed by atoms with Crippen LogP contribution in [0.5, 0.6) is 0 Å². The molecule has 0 aliphatic carbocycles. The normalized spacial score (nSPS) is 14.4. The number of hydrogen-bond acceptors (Lipinski definition) is 5. The Morgan fingerprint density at radius 2 is 1.65 bits per heavy atom. The zero-order valence-electron chi connectivity index (χ0n) is 15.8. The first kappa shape index (κ1) is 18.2. The number of hydrogen-bond donors (Lipinski definition) is 1.